The third-order valence-electron chi connectivity index (χ3n) is 1.21. The van der Waals surface area contributed by atoms with Gasteiger partial charge >= 0.3 is 7.80 Å². The molecule has 1 aromatic rings. The summed E-state index contributed by atoms with van der Waals surface area (Å²) in [5, 5.41) is 9.61. The van der Waals surface area contributed by atoms with Crippen molar-refractivity contribution in [2.24, 2.45) is 0 Å². The molecular weight excluding hydrogens is 147 g/mol. The predicted octanol–water partition coefficient (Wildman–Crippen LogP) is 1.47. The monoisotopic (exact) mass is 155 g/mol. The summed E-state index contributed by atoms with van der Waals surface area (Å²) in [4.78, 5) is 0. The molecule has 1 rings (SSSR count). The van der Waals surface area contributed by atoms with Crippen molar-refractivity contribution in [3.63, 3.8) is 0 Å². The molecule has 0 spiro atoms. The van der Waals surface area contributed by atoms with Crippen LogP contribution in [0.3, 0.4) is 0 Å². The first kappa shape index (κ1) is 7.23. The van der Waals surface area contributed by atoms with Crippen molar-refractivity contribution in [2.45, 2.75) is 0 Å². The van der Waals surface area contributed by atoms with Gasteiger partial charge in [-0.3, -0.25) is 0 Å². The van der Waals surface area contributed by atoms with Crippen LogP contribution < -0.4 is 5.30 Å². The minimum absolute atomic E-state index is 0.209. The molecule has 0 saturated heterocycles. The quantitative estimate of drug-likeness (QED) is 0.623. The molecule has 1 atom stereocenters. The Balaban J connectivity index is 3.00. The zero-order chi connectivity index (χ0) is 7.56. The number of hydrogen-bond acceptors (Lipinski definition) is 2. The summed E-state index contributed by atoms with van der Waals surface area (Å²) in [5.41, 5.74) is 0. The van der Waals surface area contributed by atoms with Crippen LogP contribution in [0.15, 0.2) is 24.3 Å². The Kier molecular flexibility index (Phi) is 2.03. The van der Waals surface area contributed by atoms with E-state index in [-0.39, 0.29) is 5.75 Å². The van der Waals surface area contributed by atoms with E-state index in [0.29, 0.717) is 0 Å². The van der Waals surface area contributed by atoms with E-state index in [1.165, 1.54) is 12.1 Å². The van der Waals surface area contributed by atoms with E-state index in [1.54, 1.807) is 18.8 Å². The van der Waals surface area contributed by atoms with Crippen LogP contribution in [0.1, 0.15) is 0 Å². The van der Waals surface area contributed by atoms with Gasteiger partial charge < -0.3 is 5.11 Å². The van der Waals surface area contributed by atoms with Gasteiger partial charge in [0.05, 0.1) is 0 Å². The van der Waals surface area contributed by atoms with E-state index in [9.17, 15) is 4.57 Å². The topological polar surface area (TPSA) is 37.3 Å². The van der Waals surface area contributed by atoms with Gasteiger partial charge in [0.2, 0.25) is 0 Å². The number of phenols is 1. The Morgan fingerprint density at radius 2 is 1.80 bits per heavy atom. The molecule has 0 aliphatic carbocycles. The molecular formula is C7H8O2P+. The lowest BCUT2D eigenvalue weighted by atomic mass is 10.3. The Labute approximate surface area is 60.3 Å². The summed E-state index contributed by atoms with van der Waals surface area (Å²) in [6, 6.07) is 6.39. The highest BCUT2D eigenvalue weighted by atomic mass is 31.1. The minimum Gasteiger partial charge on any atom is -0.508 e. The number of hydrogen-bond donors (Lipinski definition) is 1. The Morgan fingerprint density at radius 1 is 1.30 bits per heavy atom. The van der Waals surface area contributed by atoms with Crippen molar-refractivity contribution >= 4 is 13.1 Å². The zero-order valence-corrected chi connectivity index (χ0v) is 6.51. The van der Waals surface area contributed by atoms with Gasteiger partial charge in [-0.2, -0.15) is 0 Å². The van der Waals surface area contributed by atoms with Crippen LogP contribution in [0.4, 0.5) is 0 Å². The molecule has 0 radical (unpaired) electrons. The van der Waals surface area contributed by atoms with Gasteiger partial charge in [0.1, 0.15) is 12.4 Å². The average molecular weight is 155 g/mol. The highest BCUT2D eigenvalue weighted by Gasteiger charge is 2.09. The summed E-state index contributed by atoms with van der Waals surface area (Å²) in [6.45, 7) is 1.64. The zero-order valence-electron chi connectivity index (χ0n) is 5.61. The maximum absolute atomic E-state index is 10.8. The van der Waals surface area contributed by atoms with E-state index < -0.39 is 7.80 Å². The van der Waals surface area contributed by atoms with Gasteiger partial charge in [0, 0.05) is 0 Å². The van der Waals surface area contributed by atoms with Crippen molar-refractivity contribution in [3.8, 4) is 5.75 Å². The lowest BCUT2D eigenvalue weighted by Crippen LogP contribution is -1.91. The van der Waals surface area contributed by atoms with Crippen LogP contribution >= 0.6 is 7.80 Å². The third-order valence-corrected chi connectivity index (χ3v) is 2.24. The molecule has 0 aromatic heterocycles. The SMILES string of the molecule is C[P+](=O)c1ccc(O)cc1. The largest absolute Gasteiger partial charge is 0.508 e. The van der Waals surface area contributed by atoms with Crippen LogP contribution in [0, 0.1) is 0 Å². The molecule has 0 saturated carbocycles. The van der Waals surface area contributed by atoms with Crippen LogP contribution in [-0.2, 0) is 4.57 Å². The second-order valence-electron chi connectivity index (χ2n) is 2.01. The number of aromatic hydroxyl groups is 1. The molecule has 2 nitrogen and oxygen atoms in total. The van der Waals surface area contributed by atoms with E-state index >= 15 is 0 Å². The van der Waals surface area contributed by atoms with Crippen LogP contribution in [-0.4, -0.2) is 11.8 Å². The van der Waals surface area contributed by atoms with Crippen LogP contribution in [0.25, 0.3) is 0 Å². The Morgan fingerprint density at radius 3 is 2.20 bits per heavy atom. The summed E-state index contributed by atoms with van der Waals surface area (Å²) in [5.74, 6) is 0.209. The maximum atomic E-state index is 10.8. The molecule has 0 amide bonds. The summed E-state index contributed by atoms with van der Waals surface area (Å²) < 4.78 is 10.8. The van der Waals surface area contributed by atoms with Gasteiger partial charge in [0.25, 0.3) is 0 Å². The molecule has 1 N–H and O–H groups in total. The normalized spacial score (nSPS) is 11.1. The van der Waals surface area contributed by atoms with Gasteiger partial charge in [-0.15, -0.1) is 0 Å². The smallest absolute Gasteiger partial charge is 0.373 e. The second kappa shape index (κ2) is 2.80. The van der Waals surface area contributed by atoms with Crippen molar-refractivity contribution in [1.29, 1.82) is 0 Å². The van der Waals surface area contributed by atoms with E-state index in [2.05, 4.69) is 0 Å². The van der Waals surface area contributed by atoms with E-state index in [4.69, 9.17) is 5.11 Å². The van der Waals surface area contributed by atoms with Crippen LogP contribution in [0.2, 0.25) is 0 Å². The molecule has 52 valence electrons. The summed E-state index contributed by atoms with van der Waals surface area (Å²) in [6.07, 6.45) is 0. The number of rotatable bonds is 1. The van der Waals surface area contributed by atoms with E-state index in [0.717, 1.165) is 5.30 Å². The highest BCUT2D eigenvalue weighted by molar-refractivity contribution is 7.52. The number of benzene rings is 1. The summed E-state index contributed by atoms with van der Waals surface area (Å²) in [7, 11) is -1.27. The molecule has 0 aliphatic heterocycles. The predicted molar refractivity (Wildman–Crippen MR) is 41.3 cm³/mol. The van der Waals surface area contributed by atoms with Crippen molar-refractivity contribution in [2.75, 3.05) is 6.66 Å². The van der Waals surface area contributed by atoms with Crippen LogP contribution in [0.5, 0.6) is 5.75 Å². The lowest BCUT2D eigenvalue weighted by molar-refractivity contribution is 0.475. The first-order chi connectivity index (χ1) is 4.70. The highest BCUT2D eigenvalue weighted by Crippen LogP contribution is 2.15. The maximum Gasteiger partial charge on any atom is 0.373 e. The Hall–Kier alpha value is -0.880. The molecule has 0 heterocycles. The first-order valence-electron chi connectivity index (χ1n) is 2.90. The van der Waals surface area contributed by atoms with Gasteiger partial charge in [-0.05, 0) is 24.3 Å². The second-order valence-corrected chi connectivity index (χ2v) is 3.53. The average Bonchev–Trinajstić information content (AvgIpc) is 1.88. The fourth-order valence-corrected chi connectivity index (χ4v) is 1.23. The number of phenolic OH excluding ortho intramolecular Hbond substituents is 1. The third kappa shape index (κ3) is 1.55. The lowest BCUT2D eigenvalue weighted by Gasteiger charge is -1.86. The Bertz CT molecular complexity index is 240. The molecule has 0 aliphatic rings. The molecule has 3 heteroatoms. The van der Waals surface area contributed by atoms with Crippen molar-refractivity contribution in [3.05, 3.63) is 24.3 Å². The molecule has 10 heavy (non-hydrogen) atoms. The molecule has 1 unspecified atom stereocenters. The fourth-order valence-electron chi connectivity index (χ4n) is 0.663. The van der Waals surface area contributed by atoms with Crippen molar-refractivity contribution < 1.29 is 9.67 Å². The van der Waals surface area contributed by atoms with Gasteiger partial charge in [-0.1, -0.05) is 4.57 Å². The molecule has 0 fully saturated rings. The van der Waals surface area contributed by atoms with Gasteiger partial charge in [-0.25, -0.2) is 0 Å². The van der Waals surface area contributed by atoms with E-state index in [1.807, 2.05) is 0 Å². The molecule has 0 bridgehead atoms. The molecule has 1 aromatic carbocycles. The van der Waals surface area contributed by atoms with Crippen molar-refractivity contribution in [1.82, 2.24) is 0 Å². The minimum atomic E-state index is -1.27. The summed E-state index contributed by atoms with van der Waals surface area (Å²) >= 11 is 0. The van der Waals surface area contributed by atoms with Gasteiger partial charge in [0.15, 0.2) is 5.30 Å². The standard InChI is InChI=1S/C7H7O2P/c1-10(9)7-4-2-6(8)3-5-7/h2-5H,1H3/p+1. The first-order valence-corrected chi connectivity index (χ1v) is 4.61. The fraction of sp³-hybridized carbons (Fsp3) is 0.143.